The third-order valence-corrected chi connectivity index (χ3v) is 5.04. The third-order valence-electron chi connectivity index (χ3n) is 5.04. The van der Waals surface area contributed by atoms with Gasteiger partial charge in [-0.1, -0.05) is 0 Å². The summed E-state index contributed by atoms with van der Waals surface area (Å²) in [5, 5.41) is 16.5. The van der Waals surface area contributed by atoms with Crippen LogP contribution < -0.4 is 16.4 Å². The average molecular weight is 365 g/mol. The van der Waals surface area contributed by atoms with E-state index in [1.165, 1.54) is 6.20 Å². The predicted molar refractivity (Wildman–Crippen MR) is 96.1 cm³/mol. The van der Waals surface area contributed by atoms with Crippen molar-refractivity contribution < 1.29 is 19.4 Å². The number of aliphatic hydroxyl groups is 1. The number of amides is 1. The Bertz CT molecular complexity index is 621. The van der Waals surface area contributed by atoms with Gasteiger partial charge >= 0.3 is 0 Å². The average Bonchev–Trinajstić information content (AvgIpc) is 2.64. The Morgan fingerprint density at radius 3 is 2.73 bits per heavy atom. The minimum absolute atomic E-state index is 0.191. The van der Waals surface area contributed by atoms with Gasteiger partial charge in [-0.2, -0.15) is 4.98 Å². The van der Waals surface area contributed by atoms with Crippen molar-refractivity contribution in [3.63, 3.8) is 0 Å². The first-order valence-electron chi connectivity index (χ1n) is 9.05. The maximum atomic E-state index is 11.7. The highest BCUT2D eigenvalue weighted by atomic mass is 16.5. The van der Waals surface area contributed by atoms with Crippen LogP contribution in [0.2, 0.25) is 0 Å². The summed E-state index contributed by atoms with van der Waals surface area (Å²) in [5.74, 6) is 0.130. The van der Waals surface area contributed by atoms with Crippen LogP contribution in [0.15, 0.2) is 6.20 Å². The lowest BCUT2D eigenvalue weighted by Gasteiger charge is -2.30. The maximum Gasteiger partial charge on any atom is 0.254 e. The molecule has 1 aromatic heterocycles. The molecule has 1 saturated heterocycles. The standard InChI is InChI=1S/C17H27N5O4/c1-25-11-4-2-10(3-5-11)20-17-19-8-12(15(18)24)16(22-17)21-13-9-26-7-6-14(13)23/h8,10-11,13-14,23H,2-7,9H2,1H3,(H2,18,24)(H2,19,20,21,22)/t10?,11?,13-,14-/m1/s1. The number of nitrogens with two attached hydrogens (primary N) is 1. The van der Waals surface area contributed by atoms with Gasteiger partial charge in [0.05, 0.1) is 30.4 Å². The van der Waals surface area contributed by atoms with Gasteiger partial charge in [0.25, 0.3) is 5.91 Å². The van der Waals surface area contributed by atoms with Gasteiger partial charge in [-0.3, -0.25) is 4.79 Å². The van der Waals surface area contributed by atoms with Gasteiger partial charge in [0.2, 0.25) is 5.95 Å². The van der Waals surface area contributed by atoms with E-state index in [2.05, 4.69) is 20.6 Å². The Kier molecular flexibility index (Phi) is 6.23. The highest BCUT2D eigenvalue weighted by Gasteiger charge is 2.26. The lowest BCUT2D eigenvalue weighted by atomic mass is 9.93. The summed E-state index contributed by atoms with van der Waals surface area (Å²) >= 11 is 0. The molecule has 144 valence electrons. The Morgan fingerprint density at radius 2 is 2.08 bits per heavy atom. The number of carbonyl (C=O) groups excluding carboxylic acids is 1. The molecule has 1 amide bonds. The van der Waals surface area contributed by atoms with Crippen LogP contribution in [0.5, 0.6) is 0 Å². The van der Waals surface area contributed by atoms with Crippen molar-refractivity contribution in [3.8, 4) is 0 Å². The Hall–Kier alpha value is -1.97. The number of aromatic nitrogens is 2. The summed E-state index contributed by atoms with van der Waals surface area (Å²) in [4.78, 5) is 20.3. The van der Waals surface area contributed by atoms with Crippen molar-refractivity contribution in [2.75, 3.05) is 31.0 Å². The number of hydrogen-bond donors (Lipinski definition) is 4. The van der Waals surface area contributed by atoms with Crippen molar-refractivity contribution in [3.05, 3.63) is 11.8 Å². The van der Waals surface area contributed by atoms with Gasteiger partial charge < -0.3 is 30.9 Å². The monoisotopic (exact) mass is 365 g/mol. The highest BCUT2D eigenvalue weighted by molar-refractivity contribution is 5.97. The molecule has 1 aliphatic heterocycles. The number of methoxy groups -OCH3 is 1. The van der Waals surface area contributed by atoms with Gasteiger partial charge in [-0.05, 0) is 32.1 Å². The number of hydrogen-bond acceptors (Lipinski definition) is 8. The molecule has 2 atom stereocenters. The number of aliphatic hydroxyl groups excluding tert-OH is 1. The lowest BCUT2D eigenvalue weighted by molar-refractivity contribution is 0.00301. The molecule has 1 aromatic rings. The van der Waals surface area contributed by atoms with E-state index in [1.54, 1.807) is 7.11 Å². The van der Waals surface area contributed by atoms with Crippen LogP contribution in [-0.2, 0) is 9.47 Å². The Labute approximate surface area is 152 Å². The van der Waals surface area contributed by atoms with Crippen LogP contribution in [0, 0.1) is 0 Å². The molecule has 3 rings (SSSR count). The molecule has 1 aliphatic carbocycles. The van der Waals surface area contributed by atoms with Crippen LogP contribution in [0.1, 0.15) is 42.5 Å². The third kappa shape index (κ3) is 4.60. The zero-order valence-corrected chi connectivity index (χ0v) is 15.0. The van der Waals surface area contributed by atoms with E-state index in [9.17, 15) is 9.90 Å². The van der Waals surface area contributed by atoms with Gasteiger partial charge in [-0.15, -0.1) is 0 Å². The second-order valence-electron chi connectivity index (χ2n) is 6.86. The largest absolute Gasteiger partial charge is 0.391 e. The van der Waals surface area contributed by atoms with Gasteiger partial charge in [-0.25, -0.2) is 4.98 Å². The molecule has 9 heteroatoms. The molecule has 2 fully saturated rings. The number of carbonyl (C=O) groups is 1. The summed E-state index contributed by atoms with van der Waals surface area (Å²) in [7, 11) is 1.74. The SMILES string of the molecule is COC1CCC(Nc2ncc(C(N)=O)c(N[C@@H]3COCC[C@H]3O)n2)CC1. The number of ether oxygens (including phenoxy) is 2. The fourth-order valence-electron chi connectivity index (χ4n) is 3.41. The van der Waals surface area contributed by atoms with E-state index >= 15 is 0 Å². The number of nitrogens with one attached hydrogen (secondary N) is 2. The number of nitrogens with zero attached hydrogens (tertiary/aromatic N) is 2. The number of primary amides is 1. The fraction of sp³-hybridized carbons (Fsp3) is 0.706. The first kappa shape index (κ1) is 18.8. The summed E-state index contributed by atoms with van der Waals surface area (Å²) in [6.45, 7) is 0.857. The van der Waals surface area contributed by atoms with E-state index in [-0.39, 0.29) is 17.6 Å². The zero-order valence-electron chi connectivity index (χ0n) is 15.0. The molecule has 9 nitrogen and oxygen atoms in total. The normalized spacial score (nSPS) is 29.2. The molecular weight excluding hydrogens is 338 g/mol. The van der Waals surface area contributed by atoms with E-state index in [1.807, 2.05) is 0 Å². The summed E-state index contributed by atoms with van der Waals surface area (Å²) < 4.78 is 10.8. The molecule has 2 aliphatic rings. The molecule has 1 saturated carbocycles. The van der Waals surface area contributed by atoms with E-state index in [4.69, 9.17) is 15.2 Å². The molecule has 5 N–H and O–H groups in total. The van der Waals surface area contributed by atoms with Crippen molar-refractivity contribution in [2.24, 2.45) is 5.73 Å². The topological polar surface area (TPSA) is 132 Å². The first-order valence-corrected chi connectivity index (χ1v) is 9.05. The van der Waals surface area contributed by atoms with Crippen molar-refractivity contribution in [1.82, 2.24) is 9.97 Å². The van der Waals surface area contributed by atoms with Crippen molar-refractivity contribution in [1.29, 1.82) is 0 Å². The van der Waals surface area contributed by atoms with Gasteiger partial charge in [0, 0.05) is 26.0 Å². The van der Waals surface area contributed by atoms with E-state index in [0.29, 0.717) is 37.5 Å². The number of rotatable bonds is 6. The second kappa shape index (κ2) is 8.61. The van der Waals surface area contributed by atoms with Gasteiger partial charge in [0.1, 0.15) is 5.82 Å². The van der Waals surface area contributed by atoms with Crippen LogP contribution in [0.3, 0.4) is 0 Å². The van der Waals surface area contributed by atoms with Crippen molar-refractivity contribution >= 4 is 17.7 Å². The van der Waals surface area contributed by atoms with Crippen LogP contribution >= 0.6 is 0 Å². The quantitative estimate of drug-likeness (QED) is 0.573. The summed E-state index contributed by atoms with van der Waals surface area (Å²) in [6.07, 6.45) is 5.61. The second-order valence-corrected chi connectivity index (χ2v) is 6.86. The molecule has 0 aromatic carbocycles. The minimum Gasteiger partial charge on any atom is -0.391 e. The molecule has 0 radical (unpaired) electrons. The molecule has 0 unspecified atom stereocenters. The lowest BCUT2D eigenvalue weighted by Crippen LogP contribution is -2.43. The Balaban J connectivity index is 1.70. The van der Waals surface area contributed by atoms with Gasteiger partial charge in [0.15, 0.2) is 0 Å². The maximum absolute atomic E-state index is 11.7. The minimum atomic E-state index is -0.620. The molecule has 2 heterocycles. The van der Waals surface area contributed by atoms with Crippen molar-refractivity contribution in [2.45, 2.75) is 56.4 Å². The predicted octanol–water partition coefficient (Wildman–Crippen LogP) is 0.507. The molecule has 26 heavy (non-hydrogen) atoms. The molecular formula is C17H27N5O4. The van der Waals surface area contributed by atoms with E-state index < -0.39 is 12.0 Å². The fourth-order valence-corrected chi connectivity index (χ4v) is 3.41. The van der Waals surface area contributed by atoms with E-state index in [0.717, 1.165) is 25.7 Å². The highest BCUT2D eigenvalue weighted by Crippen LogP contribution is 2.24. The smallest absolute Gasteiger partial charge is 0.254 e. The molecule has 0 spiro atoms. The Morgan fingerprint density at radius 1 is 1.31 bits per heavy atom. The first-order chi connectivity index (χ1) is 12.6. The van der Waals surface area contributed by atoms with Crippen LogP contribution in [0.4, 0.5) is 11.8 Å². The number of anilines is 2. The molecule has 0 bridgehead atoms. The summed E-state index contributed by atoms with van der Waals surface area (Å²) in [6, 6.07) is -0.0842. The van der Waals surface area contributed by atoms with Crippen LogP contribution in [0.25, 0.3) is 0 Å². The van der Waals surface area contributed by atoms with Crippen LogP contribution in [-0.4, -0.2) is 65.6 Å². The zero-order chi connectivity index (χ0) is 18.5. The summed E-state index contributed by atoms with van der Waals surface area (Å²) in [5.41, 5.74) is 5.62.